The average Bonchev–Trinajstić information content (AvgIpc) is 1.97. The molecule has 0 fully saturated rings. The molecule has 0 aromatic carbocycles. The Morgan fingerprint density at radius 1 is 1.60 bits per heavy atom. The molecule has 0 aromatic rings. The topological polar surface area (TPSA) is 21.6 Å². The van der Waals surface area contributed by atoms with Crippen molar-refractivity contribution in [1.29, 1.82) is 0 Å². The summed E-state index contributed by atoms with van der Waals surface area (Å²) in [5, 5.41) is 3.53. The molecule has 0 amide bonds. The van der Waals surface area contributed by atoms with Gasteiger partial charge in [-0.3, -0.25) is 0 Å². The minimum Gasteiger partial charge on any atom is -0.399 e. The number of rotatable bonds is 3. The number of hydrogen-bond donors (Lipinski definition) is 0. The first-order valence-corrected chi connectivity index (χ1v) is 3.21. The fourth-order valence-electron chi connectivity index (χ4n) is 0.406. The Morgan fingerprint density at radius 2 is 2.40 bits per heavy atom. The van der Waals surface area contributed by atoms with Crippen LogP contribution >= 0.6 is 0 Å². The molecule has 0 rings (SSSR count). The lowest BCUT2D eigenvalue weighted by Gasteiger charge is -1.80. The van der Waals surface area contributed by atoms with Crippen LogP contribution in [0.1, 0.15) is 19.3 Å². The van der Waals surface area contributed by atoms with E-state index in [4.69, 9.17) is 0 Å². The summed E-state index contributed by atoms with van der Waals surface area (Å²) in [7, 11) is 1.51. The van der Waals surface area contributed by atoms with Gasteiger partial charge in [0.15, 0.2) is 0 Å². The van der Waals surface area contributed by atoms with Gasteiger partial charge in [-0.15, -0.1) is 5.92 Å². The Balaban J connectivity index is 3.19. The molecular formula is C8H12NO. The minimum atomic E-state index is 0.661. The molecule has 0 spiro atoms. The summed E-state index contributed by atoms with van der Waals surface area (Å²) < 4.78 is 0. The third-order valence-corrected chi connectivity index (χ3v) is 0.800. The van der Waals surface area contributed by atoms with E-state index in [0.717, 1.165) is 12.8 Å². The molecule has 2 heteroatoms. The van der Waals surface area contributed by atoms with Gasteiger partial charge in [0, 0.05) is 12.8 Å². The van der Waals surface area contributed by atoms with Crippen molar-refractivity contribution < 1.29 is 4.84 Å². The second-order valence-electron chi connectivity index (χ2n) is 1.63. The molecule has 2 nitrogen and oxygen atoms in total. The van der Waals surface area contributed by atoms with Gasteiger partial charge in [-0.1, -0.05) is 18.0 Å². The Bertz CT molecular complexity index is 141. The van der Waals surface area contributed by atoms with Gasteiger partial charge in [-0.25, -0.2) is 0 Å². The van der Waals surface area contributed by atoms with Crippen molar-refractivity contribution in [2.45, 2.75) is 19.3 Å². The van der Waals surface area contributed by atoms with E-state index in [1.165, 1.54) is 7.11 Å². The van der Waals surface area contributed by atoms with Crippen molar-refractivity contribution in [3.05, 3.63) is 6.92 Å². The van der Waals surface area contributed by atoms with Crippen molar-refractivity contribution in [1.82, 2.24) is 0 Å². The van der Waals surface area contributed by atoms with E-state index in [-0.39, 0.29) is 0 Å². The summed E-state index contributed by atoms with van der Waals surface area (Å²) in [6, 6.07) is 0. The molecule has 10 heavy (non-hydrogen) atoms. The Labute approximate surface area is 62.3 Å². The Hall–Kier alpha value is -0.970. The zero-order valence-corrected chi connectivity index (χ0v) is 6.26. The minimum absolute atomic E-state index is 0.661. The molecule has 0 N–H and O–H groups in total. The van der Waals surface area contributed by atoms with Crippen molar-refractivity contribution in [3.63, 3.8) is 0 Å². The highest BCUT2D eigenvalue weighted by molar-refractivity contribution is 5.60. The van der Waals surface area contributed by atoms with E-state index >= 15 is 0 Å². The van der Waals surface area contributed by atoms with Crippen molar-refractivity contribution in [3.8, 4) is 11.8 Å². The number of oxime groups is 1. The molecule has 0 aromatic heterocycles. The predicted octanol–water partition coefficient (Wildman–Crippen LogP) is 1.63. The number of nitrogens with zero attached hydrogens (tertiary/aromatic N) is 1. The van der Waals surface area contributed by atoms with E-state index < -0.39 is 0 Å². The summed E-state index contributed by atoms with van der Waals surface area (Å²) >= 11 is 0. The molecule has 0 aliphatic carbocycles. The van der Waals surface area contributed by atoms with Gasteiger partial charge in [0.1, 0.15) is 7.11 Å². The Kier molecular flexibility index (Phi) is 7.25. The van der Waals surface area contributed by atoms with Crippen LogP contribution in [0.25, 0.3) is 0 Å². The smallest absolute Gasteiger partial charge is 0.106 e. The van der Waals surface area contributed by atoms with E-state index in [1.807, 2.05) is 0 Å². The molecule has 0 aliphatic rings. The molecular weight excluding hydrogens is 126 g/mol. The molecule has 0 atom stereocenters. The van der Waals surface area contributed by atoms with Gasteiger partial charge < -0.3 is 4.84 Å². The first kappa shape index (κ1) is 9.03. The van der Waals surface area contributed by atoms with Crippen LogP contribution in [-0.4, -0.2) is 13.3 Å². The fraction of sp³-hybridized carbons (Fsp3) is 0.500. The van der Waals surface area contributed by atoms with Crippen molar-refractivity contribution in [2.75, 3.05) is 7.11 Å². The molecule has 0 saturated carbocycles. The standard InChI is InChI=1S/C8H12NO/c1-3-4-5-6-7-8-9-10-2/h8H,1,3-4,7H2,2H3/b9-8+. The molecule has 0 saturated heterocycles. The van der Waals surface area contributed by atoms with Crippen LogP contribution in [0.2, 0.25) is 0 Å². The summed E-state index contributed by atoms with van der Waals surface area (Å²) in [4.78, 5) is 4.44. The van der Waals surface area contributed by atoms with E-state index in [9.17, 15) is 0 Å². The lowest BCUT2D eigenvalue weighted by molar-refractivity contribution is 0.215. The molecule has 0 bridgehead atoms. The highest BCUT2D eigenvalue weighted by Gasteiger charge is 1.70. The van der Waals surface area contributed by atoms with Gasteiger partial charge in [0.25, 0.3) is 0 Å². The monoisotopic (exact) mass is 138 g/mol. The zero-order chi connectivity index (χ0) is 7.66. The summed E-state index contributed by atoms with van der Waals surface area (Å²) in [6.07, 6.45) is 4.03. The van der Waals surface area contributed by atoms with E-state index in [2.05, 4.69) is 28.8 Å². The van der Waals surface area contributed by atoms with Crippen LogP contribution in [0.5, 0.6) is 0 Å². The largest absolute Gasteiger partial charge is 0.399 e. The quantitative estimate of drug-likeness (QED) is 0.330. The van der Waals surface area contributed by atoms with E-state index in [0.29, 0.717) is 6.42 Å². The second kappa shape index (κ2) is 8.03. The van der Waals surface area contributed by atoms with Crippen molar-refractivity contribution >= 4 is 6.21 Å². The van der Waals surface area contributed by atoms with Crippen LogP contribution < -0.4 is 0 Å². The van der Waals surface area contributed by atoms with Gasteiger partial charge in [0.2, 0.25) is 0 Å². The first-order chi connectivity index (χ1) is 4.91. The molecule has 0 aliphatic heterocycles. The van der Waals surface area contributed by atoms with Crippen LogP contribution in [-0.2, 0) is 4.84 Å². The summed E-state index contributed by atoms with van der Waals surface area (Å²) in [6.45, 7) is 3.66. The van der Waals surface area contributed by atoms with Gasteiger partial charge in [-0.2, -0.15) is 0 Å². The SMILES string of the molecule is [CH2]CCC#CC/C=N/OC. The zero-order valence-electron chi connectivity index (χ0n) is 6.26. The lowest BCUT2D eigenvalue weighted by Crippen LogP contribution is -1.72. The first-order valence-electron chi connectivity index (χ1n) is 3.21. The maximum absolute atomic E-state index is 4.44. The molecule has 1 radical (unpaired) electrons. The number of hydrogen-bond acceptors (Lipinski definition) is 2. The van der Waals surface area contributed by atoms with Crippen LogP contribution in [0.15, 0.2) is 5.16 Å². The van der Waals surface area contributed by atoms with E-state index in [1.54, 1.807) is 6.21 Å². The number of unbranched alkanes of at least 4 members (excludes halogenated alkanes) is 1. The van der Waals surface area contributed by atoms with Gasteiger partial charge >= 0.3 is 0 Å². The predicted molar refractivity (Wildman–Crippen MR) is 42.5 cm³/mol. The molecule has 0 unspecified atom stereocenters. The maximum atomic E-state index is 4.44. The summed E-state index contributed by atoms with van der Waals surface area (Å²) in [5.74, 6) is 5.84. The highest BCUT2D eigenvalue weighted by Crippen LogP contribution is 1.81. The van der Waals surface area contributed by atoms with Crippen molar-refractivity contribution in [2.24, 2.45) is 5.16 Å². The fourth-order valence-corrected chi connectivity index (χ4v) is 0.406. The van der Waals surface area contributed by atoms with Gasteiger partial charge in [-0.05, 0) is 6.42 Å². The third-order valence-electron chi connectivity index (χ3n) is 0.800. The lowest BCUT2D eigenvalue weighted by atomic mass is 10.3. The molecule has 55 valence electrons. The summed E-state index contributed by atoms with van der Waals surface area (Å²) in [5.41, 5.74) is 0. The van der Waals surface area contributed by atoms with Gasteiger partial charge in [0.05, 0.1) is 6.21 Å². The Morgan fingerprint density at radius 3 is 3.00 bits per heavy atom. The average molecular weight is 138 g/mol. The molecule has 0 heterocycles. The van der Waals surface area contributed by atoms with Crippen LogP contribution in [0.3, 0.4) is 0 Å². The van der Waals surface area contributed by atoms with Crippen LogP contribution in [0.4, 0.5) is 0 Å². The third kappa shape index (κ3) is 7.03. The normalized spacial score (nSPS) is 9.00. The second-order valence-corrected chi connectivity index (χ2v) is 1.63. The van der Waals surface area contributed by atoms with Crippen LogP contribution in [0, 0.1) is 18.8 Å². The maximum Gasteiger partial charge on any atom is 0.106 e. The highest BCUT2D eigenvalue weighted by atomic mass is 16.6.